The molecule has 0 aliphatic carbocycles. The van der Waals surface area contributed by atoms with E-state index >= 15 is 0 Å². The van der Waals surface area contributed by atoms with E-state index in [1.165, 1.54) is 37.1 Å². The third kappa shape index (κ3) is 2.90. The van der Waals surface area contributed by atoms with Crippen molar-refractivity contribution in [2.24, 2.45) is 0 Å². The van der Waals surface area contributed by atoms with Crippen LogP contribution < -0.4 is 11.1 Å². The van der Waals surface area contributed by atoms with Crippen LogP contribution in [-0.4, -0.2) is 41.0 Å². The molecule has 2 fully saturated rings. The van der Waals surface area contributed by atoms with E-state index in [-0.39, 0.29) is 5.91 Å². The number of nitrogens with one attached hydrogen (secondary N) is 1. The fourth-order valence-corrected chi connectivity index (χ4v) is 3.80. The highest BCUT2D eigenvalue weighted by Gasteiger charge is 2.36. The Balaban J connectivity index is 1.54. The third-order valence-corrected chi connectivity index (χ3v) is 4.84. The highest BCUT2D eigenvalue weighted by molar-refractivity contribution is 7.13. The Morgan fingerprint density at radius 2 is 2.37 bits per heavy atom. The predicted molar refractivity (Wildman–Crippen MR) is 76.0 cm³/mol. The number of nitrogens with two attached hydrogens (primary N) is 1. The van der Waals surface area contributed by atoms with Gasteiger partial charge in [0.15, 0.2) is 5.13 Å². The summed E-state index contributed by atoms with van der Waals surface area (Å²) in [5.41, 5.74) is 6.35. The van der Waals surface area contributed by atoms with Crippen LogP contribution in [0.5, 0.6) is 0 Å². The monoisotopic (exact) mass is 280 g/mol. The van der Waals surface area contributed by atoms with Gasteiger partial charge in [0, 0.05) is 24.0 Å². The Bertz CT molecular complexity index is 461. The van der Waals surface area contributed by atoms with Gasteiger partial charge in [0.2, 0.25) is 5.91 Å². The first kappa shape index (κ1) is 12.9. The number of aromatic nitrogens is 1. The van der Waals surface area contributed by atoms with Crippen LogP contribution in [-0.2, 0) is 11.2 Å². The van der Waals surface area contributed by atoms with Gasteiger partial charge in [-0.2, -0.15) is 0 Å². The second kappa shape index (κ2) is 5.46. The number of nitrogens with zero attached hydrogens (tertiary/aromatic N) is 2. The molecule has 0 saturated carbocycles. The van der Waals surface area contributed by atoms with E-state index in [2.05, 4.69) is 15.2 Å². The maximum absolute atomic E-state index is 12.0. The summed E-state index contributed by atoms with van der Waals surface area (Å²) in [5, 5.41) is 5.57. The molecule has 2 unspecified atom stereocenters. The van der Waals surface area contributed by atoms with E-state index in [0.717, 1.165) is 18.7 Å². The number of piperidine rings is 1. The van der Waals surface area contributed by atoms with Gasteiger partial charge in [-0.25, -0.2) is 4.98 Å². The summed E-state index contributed by atoms with van der Waals surface area (Å²) < 4.78 is 0. The molecule has 1 aromatic rings. The van der Waals surface area contributed by atoms with Crippen molar-refractivity contribution in [3.8, 4) is 0 Å². The molecule has 5 nitrogen and oxygen atoms in total. The highest BCUT2D eigenvalue weighted by atomic mass is 32.1. The summed E-state index contributed by atoms with van der Waals surface area (Å²) >= 11 is 1.39. The van der Waals surface area contributed by atoms with Crippen molar-refractivity contribution in [3.63, 3.8) is 0 Å². The van der Waals surface area contributed by atoms with Crippen LogP contribution in [0.3, 0.4) is 0 Å². The molecule has 2 atom stereocenters. The zero-order valence-electron chi connectivity index (χ0n) is 11.0. The van der Waals surface area contributed by atoms with Crippen LogP contribution in [0.25, 0.3) is 0 Å². The zero-order valence-corrected chi connectivity index (χ0v) is 11.8. The quantitative estimate of drug-likeness (QED) is 0.867. The van der Waals surface area contributed by atoms with Gasteiger partial charge in [-0.1, -0.05) is 6.42 Å². The normalized spacial score (nSPS) is 27.2. The number of fused-ring (bicyclic) bond motifs is 1. The number of thiazole rings is 1. The van der Waals surface area contributed by atoms with E-state index in [0.29, 0.717) is 23.6 Å². The summed E-state index contributed by atoms with van der Waals surface area (Å²) in [5.74, 6) is 0.0720. The SMILES string of the molecule is Nc1nc(CC(=O)NC2CCN3CCCCC23)cs1. The van der Waals surface area contributed by atoms with Crippen molar-refractivity contribution in [2.45, 2.75) is 44.2 Å². The number of hydrogen-bond donors (Lipinski definition) is 2. The maximum atomic E-state index is 12.0. The molecule has 1 amide bonds. The van der Waals surface area contributed by atoms with Crippen LogP contribution in [0.1, 0.15) is 31.4 Å². The minimum atomic E-state index is 0.0720. The summed E-state index contributed by atoms with van der Waals surface area (Å²) in [6, 6.07) is 0.877. The lowest BCUT2D eigenvalue weighted by atomic mass is 9.99. The first-order chi connectivity index (χ1) is 9.22. The molecular formula is C13H20N4OS. The van der Waals surface area contributed by atoms with Crippen LogP contribution >= 0.6 is 11.3 Å². The Labute approximate surface area is 117 Å². The second-order valence-corrected chi connectivity index (χ2v) is 6.31. The van der Waals surface area contributed by atoms with E-state index in [1.807, 2.05) is 5.38 Å². The lowest BCUT2D eigenvalue weighted by molar-refractivity contribution is -0.121. The maximum Gasteiger partial charge on any atom is 0.226 e. The molecule has 2 aliphatic rings. The first-order valence-corrected chi connectivity index (χ1v) is 7.83. The van der Waals surface area contributed by atoms with Gasteiger partial charge in [-0.15, -0.1) is 11.3 Å². The fraction of sp³-hybridized carbons (Fsp3) is 0.692. The number of carbonyl (C=O) groups is 1. The van der Waals surface area contributed by atoms with Crippen molar-refractivity contribution < 1.29 is 4.79 Å². The van der Waals surface area contributed by atoms with Gasteiger partial charge in [0.1, 0.15) is 0 Å². The van der Waals surface area contributed by atoms with E-state index in [4.69, 9.17) is 5.73 Å². The van der Waals surface area contributed by atoms with Crippen LogP contribution in [0.4, 0.5) is 5.13 Å². The molecule has 104 valence electrons. The number of carbonyl (C=O) groups excluding carboxylic acids is 1. The first-order valence-electron chi connectivity index (χ1n) is 6.95. The molecule has 1 aromatic heterocycles. The molecular weight excluding hydrogens is 260 g/mol. The molecule has 19 heavy (non-hydrogen) atoms. The van der Waals surface area contributed by atoms with E-state index in [1.54, 1.807) is 0 Å². The Hall–Kier alpha value is -1.14. The molecule has 3 N–H and O–H groups in total. The highest BCUT2D eigenvalue weighted by Crippen LogP contribution is 2.27. The van der Waals surface area contributed by atoms with Gasteiger partial charge in [-0.3, -0.25) is 9.69 Å². The van der Waals surface area contributed by atoms with Gasteiger partial charge >= 0.3 is 0 Å². The number of amides is 1. The van der Waals surface area contributed by atoms with Crippen molar-refractivity contribution >= 4 is 22.4 Å². The predicted octanol–water partition coefficient (Wildman–Crippen LogP) is 1.01. The average molecular weight is 280 g/mol. The number of anilines is 1. The zero-order chi connectivity index (χ0) is 13.2. The summed E-state index contributed by atoms with van der Waals surface area (Å²) in [4.78, 5) is 18.7. The third-order valence-electron chi connectivity index (χ3n) is 4.11. The molecule has 0 radical (unpaired) electrons. The lowest BCUT2D eigenvalue weighted by Crippen LogP contribution is -2.47. The molecule has 3 heterocycles. The average Bonchev–Trinajstić information content (AvgIpc) is 2.97. The minimum absolute atomic E-state index is 0.0720. The molecule has 3 rings (SSSR count). The van der Waals surface area contributed by atoms with Gasteiger partial charge in [0.25, 0.3) is 0 Å². The van der Waals surface area contributed by atoms with E-state index < -0.39 is 0 Å². The van der Waals surface area contributed by atoms with Crippen molar-refractivity contribution in [1.29, 1.82) is 0 Å². The smallest absolute Gasteiger partial charge is 0.226 e. The number of rotatable bonds is 3. The molecule has 2 saturated heterocycles. The van der Waals surface area contributed by atoms with Crippen molar-refractivity contribution in [3.05, 3.63) is 11.1 Å². The Morgan fingerprint density at radius 1 is 1.47 bits per heavy atom. The van der Waals surface area contributed by atoms with Gasteiger partial charge < -0.3 is 11.1 Å². The number of nitrogen functional groups attached to an aromatic ring is 1. The molecule has 0 aromatic carbocycles. The van der Waals surface area contributed by atoms with E-state index in [9.17, 15) is 4.79 Å². The summed E-state index contributed by atoms with van der Waals surface area (Å²) in [7, 11) is 0. The van der Waals surface area contributed by atoms with Crippen molar-refractivity contribution in [1.82, 2.24) is 15.2 Å². The summed E-state index contributed by atoms with van der Waals surface area (Å²) in [6.07, 6.45) is 5.23. The lowest BCUT2D eigenvalue weighted by Gasteiger charge is -2.32. The van der Waals surface area contributed by atoms with Crippen molar-refractivity contribution in [2.75, 3.05) is 18.8 Å². The molecule has 0 spiro atoms. The topological polar surface area (TPSA) is 71.2 Å². The Morgan fingerprint density at radius 3 is 3.16 bits per heavy atom. The van der Waals surface area contributed by atoms with Gasteiger partial charge in [0.05, 0.1) is 12.1 Å². The standard InChI is InChI=1S/C13H20N4OS/c14-13-15-9(8-19-13)7-12(18)16-10-4-6-17-5-2-1-3-11(10)17/h8,10-11H,1-7H2,(H2,14,15)(H,16,18). The summed E-state index contributed by atoms with van der Waals surface area (Å²) in [6.45, 7) is 2.32. The largest absolute Gasteiger partial charge is 0.375 e. The van der Waals surface area contributed by atoms with Crippen LogP contribution in [0.15, 0.2) is 5.38 Å². The fourth-order valence-electron chi connectivity index (χ4n) is 3.24. The molecule has 2 aliphatic heterocycles. The Kier molecular flexibility index (Phi) is 3.70. The minimum Gasteiger partial charge on any atom is -0.375 e. The van der Waals surface area contributed by atoms with Crippen LogP contribution in [0, 0.1) is 0 Å². The molecule has 6 heteroatoms. The second-order valence-electron chi connectivity index (χ2n) is 5.42. The van der Waals surface area contributed by atoms with Gasteiger partial charge in [-0.05, 0) is 25.8 Å². The van der Waals surface area contributed by atoms with Crippen LogP contribution in [0.2, 0.25) is 0 Å². The number of hydrogen-bond acceptors (Lipinski definition) is 5. The molecule has 0 bridgehead atoms.